The molecule has 0 aromatic heterocycles. The van der Waals surface area contributed by atoms with Crippen LogP contribution in [-0.4, -0.2) is 24.5 Å². The molecule has 5 nitrogen and oxygen atoms in total. The predicted molar refractivity (Wildman–Crippen MR) is 106 cm³/mol. The summed E-state index contributed by atoms with van der Waals surface area (Å²) in [6.45, 7) is 5.43. The van der Waals surface area contributed by atoms with Crippen molar-refractivity contribution < 1.29 is 23.8 Å². The minimum Gasteiger partial charge on any atom is -0.488 e. The van der Waals surface area contributed by atoms with Crippen LogP contribution in [0.2, 0.25) is 5.02 Å². The molecule has 28 heavy (non-hydrogen) atoms. The first kappa shape index (κ1) is 20.0. The lowest BCUT2D eigenvalue weighted by Crippen LogP contribution is -2.35. The quantitative estimate of drug-likeness (QED) is 0.520. The van der Waals surface area contributed by atoms with Gasteiger partial charge in [0.2, 0.25) is 0 Å². The van der Waals surface area contributed by atoms with E-state index in [1.54, 1.807) is 62.4 Å². The minimum absolute atomic E-state index is 0.0428. The second-order valence-corrected chi connectivity index (χ2v) is 6.92. The summed E-state index contributed by atoms with van der Waals surface area (Å²) in [6.07, 6.45) is -0.342. The van der Waals surface area contributed by atoms with E-state index in [0.29, 0.717) is 22.1 Å². The van der Waals surface area contributed by atoms with E-state index < -0.39 is 11.9 Å². The van der Waals surface area contributed by atoms with Gasteiger partial charge in [-0.1, -0.05) is 18.5 Å². The van der Waals surface area contributed by atoms with Crippen LogP contribution in [0.4, 0.5) is 0 Å². The molecule has 0 radical (unpaired) electrons. The van der Waals surface area contributed by atoms with Gasteiger partial charge in [-0.2, -0.15) is 0 Å². The van der Waals surface area contributed by atoms with E-state index in [0.717, 1.165) is 0 Å². The molecule has 0 unspecified atom stereocenters. The number of Topliss-reactive ketones (excluding diaryl/α,β-unsaturated/α-hetero) is 1. The molecule has 146 valence electrons. The van der Waals surface area contributed by atoms with Crippen LogP contribution >= 0.6 is 11.6 Å². The molecule has 6 heteroatoms. The molecule has 3 rings (SSSR count). The number of hydrogen-bond acceptors (Lipinski definition) is 5. The summed E-state index contributed by atoms with van der Waals surface area (Å²) in [5, 5.41) is 0.628. The summed E-state index contributed by atoms with van der Waals surface area (Å²) >= 11 is 5.88. The van der Waals surface area contributed by atoms with Gasteiger partial charge < -0.3 is 14.2 Å². The fourth-order valence-corrected chi connectivity index (χ4v) is 2.95. The Morgan fingerprint density at radius 3 is 2.18 bits per heavy atom. The van der Waals surface area contributed by atoms with E-state index in [9.17, 15) is 9.59 Å². The molecule has 2 aromatic rings. The smallest absolute Gasteiger partial charge is 0.345 e. The topological polar surface area (TPSA) is 61.8 Å². The van der Waals surface area contributed by atoms with Gasteiger partial charge in [0.05, 0.1) is 12.5 Å². The molecule has 0 saturated carbocycles. The summed E-state index contributed by atoms with van der Waals surface area (Å²) in [5.74, 6) is 0.141. The van der Waals surface area contributed by atoms with E-state index in [-0.39, 0.29) is 29.8 Å². The molecule has 0 saturated heterocycles. The summed E-state index contributed by atoms with van der Waals surface area (Å²) in [5.41, 5.74) is 0.567. The third-order valence-electron chi connectivity index (χ3n) is 4.54. The van der Waals surface area contributed by atoms with Crippen molar-refractivity contribution in [2.24, 2.45) is 5.92 Å². The molecular formula is C22H21ClO5. The van der Waals surface area contributed by atoms with E-state index in [1.807, 2.05) is 6.92 Å². The zero-order chi connectivity index (χ0) is 20.3. The van der Waals surface area contributed by atoms with E-state index >= 15 is 0 Å². The van der Waals surface area contributed by atoms with Crippen molar-refractivity contribution in [1.82, 2.24) is 0 Å². The van der Waals surface area contributed by atoms with Gasteiger partial charge in [0.1, 0.15) is 28.9 Å². The molecule has 0 bridgehead atoms. The van der Waals surface area contributed by atoms with E-state index in [2.05, 4.69) is 0 Å². The first-order valence-corrected chi connectivity index (χ1v) is 9.44. The Labute approximate surface area is 168 Å². The average Bonchev–Trinajstić information content (AvgIpc) is 2.68. The Bertz CT molecular complexity index is 900. The van der Waals surface area contributed by atoms with Crippen LogP contribution in [0.5, 0.6) is 11.5 Å². The van der Waals surface area contributed by atoms with Crippen molar-refractivity contribution in [2.75, 3.05) is 6.61 Å². The number of benzene rings is 2. The Morgan fingerprint density at radius 2 is 1.61 bits per heavy atom. The second kappa shape index (κ2) is 8.48. The molecule has 1 heterocycles. The zero-order valence-corrected chi connectivity index (χ0v) is 16.7. The molecule has 2 atom stereocenters. The van der Waals surface area contributed by atoms with Crippen LogP contribution in [0.1, 0.15) is 26.3 Å². The van der Waals surface area contributed by atoms with Gasteiger partial charge in [0, 0.05) is 10.6 Å². The van der Waals surface area contributed by atoms with Crippen LogP contribution in [0.3, 0.4) is 0 Å². The Morgan fingerprint density at radius 1 is 1.04 bits per heavy atom. The number of carbonyl (C=O) groups excluding carboxylic acids is 2. The highest BCUT2D eigenvalue weighted by Crippen LogP contribution is 2.34. The highest BCUT2D eigenvalue weighted by Gasteiger charge is 2.38. The molecule has 2 aromatic carbocycles. The lowest BCUT2D eigenvalue weighted by Gasteiger charge is -2.29. The third-order valence-corrected chi connectivity index (χ3v) is 4.79. The van der Waals surface area contributed by atoms with Crippen molar-refractivity contribution in [2.45, 2.75) is 26.9 Å². The molecule has 0 N–H and O–H groups in total. The van der Waals surface area contributed by atoms with Crippen LogP contribution in [-0.2, 0) is 19.1 Å². The summed E-state index contributed by atoms with van der Waals surface area (Å²) < 4.78 is 16.7. The summed E-state index contributed by atoms with van der Waals surface area (Å²) in [4.78, 5) is 25.1. The molecular weight excluding hydrogens is 380 g/mol. The monoisotopic (exact) mass is 400 g/mol. The first-order chi connectivity index (χ1) is 13.4. The third kappa shape index (κ3) is 4.20. The van der Waals surface area contributed by atoms with Gasteiger partial charge >= 0.3 is 5.97 Å². The predicted octanol–water partition coefficient (Wildman–Crippen LogP) is 5.03. The lowest BCUT2D eigenvalue weighted by atomic mass is 9.89. The number of rotatable bonds is 5. The number of ether oxygens (including phenoxy) is 3. The second-order valence-electron chi connectivity index (χ2n) is 6.48. The van der Waals surface area contributed by atoms with Crippen LogP contribution < -0.4 is 4.74 Å². The largest absolute Gasteiger partial charge is 0.488 e. The van der Waals surface area contributed by atoms with Gasteiger partial charge in [-0.15, -0.1) is 0 Å². The number of esters is 1. The van der Waals surface area contributed by atoms with Crippen LogP contribution in [0, 0.1) is 5.92 Å². The maximum atomic E-state index is 12.7. The van der Waals surface area contributed by atoms with Crippen molar-refractivity contribution in [1.29, 1.82) is 0 Å². The summed E-state index contributed by atoms with van der Waals surface area (Å²) in [6, 6.07) is 14.0. The normalized spacial score (nSPS) is 19.2. The fraction of sp³-hybridized carbons (Fsp3) is 0.273. The van der Waals surface area contributed by atoms with Gasteiger partial charge in [-0.3, -0.25) is 4.79 Å². The molecule has 0 amide bonds. The Hall–Kier alpha value is -2.79. The van der Waals surface area contributed by atoms with E-state index in [4.69, 9.17) is 25.8 Å². The van der Waals surface area contributed by atoms with Crippen LogP contribution in [0.15, 0.2) is 54.1 Å². The van der Waals surface area contributed by atoms with Gasteiger partial charge in [0.25, 0.3) is 0 Å². The molecule has 1 aliphatic heterocycles. The number of carbonyl (C=O) groups is 2. The minimum atomic E-state index is -0.664. The maximum Gasteiger partial charge on any atom is 0.345 e. The molecule has 0 aliphatic carbocycles. The van der Waals surface area contributed by atoms with Crippen molar-refractivity contribution in [3.8, 4) is 11.5 Å². The van der Waals surface area contributed by atoms with Crippen molar-refractivity contribution in [3.63, 3.8) is 0 Å². The highest BCUT2D eigenvalue weighted by molar-refractivity contribution is 6.30. The zero-order valence-electron chi connectivity index (χ0n) is 15.9. The Kier molecular flexibility index (Phi) is 6.05. The Balaban J connectivity index is 1.91. The maximum absolute atomic E-state index is 12.7. The number of hydrogen-bond donors (Lipinski definition) is 0. The lowest BCUT2D eigenvalue weighted by molar-refractivity contribution is -0.141. The van der Waals surface area contributed by atoms with Crippen LogP contribution in [0.25, 0.3) is 5.76 Å². The standard InChI is InChI=1S/C22H21ClO5/c1-4-26-22(25)19-20(24)13(2)14(3)27-21(19)15-5-9-17(10-6-15)28-18-11-7-16(23)8-12-18/h5-14H,4H2,1-3H3/t13-,14+/m1/s1. The van der Waals surface area contributed by atoms with Gasteiger partial charge in [-0.05, 0) is 62.4 Å². The van der Waals surface area contributed by atoms with Crippen molar-refractivity contribution in [3.05, 3.63) is 64.7 Å². The number of ketones is 1. The molecule has 1 aliphatic rings. The highest BCUT2D eigenvalue weighted by atomic mass is 35.5. The van der Waals surface area contributed by atoms with Gasteiger partial charge in [-0.25, -0.2) is 4.79 Å². The summed E-state index contributed by atoms with van der Waals surface area (Å²) in [7, 11) is 0. The number of halogens is 1. The molecule has 0 spiro atoms. The van der Waals surface area contributed by atoms with Gasteiger partial charge in [0.15, 0.2) is 5.78 Å². The van der Waals surface area contributed by atoms with Crippen molar-refractivity contribution >= 4 is 29.1 Å². The average molecular weight is 401 g/mol. The fourth-order valence-electron chi connectivity index (χ4n) is 2.82. The first-order valence-electron chi connectivity index (χ1n) is 9.06. The SMILES string of the molecule is CCOC(=O)C1=C(c2ccc(Oc3ccc(Cl)cc3)cc2)O[C@@H](C)[C@@H](C)C1=O. The molecule has 0 fully saturated rings. The van der Waals surface area contributed by atoms with E-state index in [1.165, 1.54) is 0 Å².